The SMILES string of the molecule is CCOc1cccc(NC(=O)c2ccc(CN(CC)C(C)C)cc2)c1. The molecule has 0 unspecified atom stereocenters. The molecule has 2 aromatic carbocycles. The molecule has 0 bridgehead atoms. The molecule has 0 heterocycles. The van der Waals surface area contributed by atoms with Gasteiger partial charge in [-0.3, -0.25) is 9.69 Å². The van der Waals surface area contributed by atoms with Crippen LogP contribution in [0.3, 0.4) is 0 Å². The first-order valence-corrected chi connectivity index (χ1v) is 8.90. The zero-order valence-corrected chi connectivity index (χ0v) is 15.6. The molecule has 0 aliphatic carbocycles. The minimum atomic E-state index is -0.114. The summed E-state index contributed by atoms with van der Waals surface area (Å²) in [4.78, 5) is 14.8. The van der Waals surface area contributed by atoms with E-state index in [-0.39, 0.29) is 5.91 Å². The van der Waals surface area contributed by atoms with Crippen LogP contribution in [-0.2, 0) is 6.54 Å². The van der Waals surface area contributed by atoms with Gasteiger partial charge in [-0.2, -0.15) is 0 Å². The van der Waals surface area contributed by atoms with Gasteiger partial charge in [0.15, 0.2) is 0 Å². The maximum absolute atomic E-state index is 12.4. The standard InChI is InChI=1S/C21H28N2O2/c1-5-23(16(3)4)15-17-10-12-18(13-11-17)21(24)22-19-8-7-9-20(14-19)25-6-2/h7-14,16H,5-6,15H2,1-4H3,(H,22,24). The second-order valence-electron chi connectivity index (χ2n) is 6.27. The first-order chi connectivity index (χ1) is 12.0. The number of ether oxygens (including phenoxy) is 1. The number of hydrogen-bond donors (Lipinski definition) is 1. The molecule has 0 radical (unpaired) electrons. The van der Waals surface area contributed by atoms with Gasteiger partial charge in [0.05, 0.1) is 6.61 Å². The molecular weight excluding hydrogens is 312 g/mol. The minimum Gasteiger partial charge on any atom is -0.494 e. The predicted octanol–water partition coefficient (Wildman–Crippen LogP) is 4.57. The third kappa shape index (κ3) is 5.61. The molecular formula is C21H28N2O2. The molecule has 25 heavy (non-hydrogen) atoms. The van der Waals surface area contributed by atoms with Crippen LogP contribution < -0.4 is 10.1 Å². The number of amides is 1. The van der Waals surface area contributed by atoms with Gasteiger partial charge >= 0.3 is 0 Å². The van der Waals surface area contributed by atoms with Crippen molar-refractivity contribution in [3.63, 3.8) is 0 Å². The fraction of sp³-hybridized carbons (Fsp3) is 0.381. The van der Waals surface area contributed by atoms with Crippen molar-refractivity contribution >= 4 is 11.6 Å². The van der Waals surface area contributed by atoms with Crippen LogP contribution in [0.4, 0.5) is 5.69 Å². The van der Waals surface area contributed by atoms with Gasteiger partial charge < -0.3 is 10.1 Å². The van der Waals surface area contributed by atoms with Crippen LogP contribution in [-0.4, -0.2) is 30.0 Å². The molecule has 134 valence electrons. The van der Waals surface area contributed by atoms with Gasteiger partial charge in [0.1, 0.15) is 5.75 Å². The van der Waals surface area contributed by atoms with Crippen LogP contribution in [0.2, 0.25) is 0 Å². The van der Waals surface area contributed by atoms with E-state index in [1.165, 1.54) is 5.56 Å². The third-order valence-corrected chi connectivity index (χ3v) is 4.14. The van der Waals surface area contributed by atoms with Crippen molar-refractivity contribution in [3.8, 4) is 5.75 Å². The monoisotopic (exact) mass is 340 g/mol. The highest BCUT2D eigenvalue weighted by Gasteiger charge is 2.10. The Hall–Kier alpha value is -2.33. The van der Waals surface area contributed by atoms with E-state index in [0.29, 0.717) is 18.2 Å². The number of anilines is 1. The third-order valence-electron chi connectivity index (χ3n) is 4.14. The van der Waals surface area contributed by atoms with Gasteiger partial charge in [-0.15, -0.1) is 0 Å². The summed E-state index contributed by atoms with van der Waals surface area (Å²) in [5, 5.41) is 2.92. The van der Waals surface area contributed by atoms with Crippen LogP contribution in [0.5, 0.6) is 5.75 Å². The number of benzene rings is 2. The molecule has 0 aromatic heterocycles. The summed E-state index contributed by atoms with van der Waals surface area (Å²) in [6.45, 7) is 11.0. The Morgan fingerprint density at radius 3 is 2.44 bits per heavy atom. The second-order valence-corrected chi connectivity index (χ2v) is 6.27. The number of hydrogen-bond acceptors (Lipinski definition) is 3. The lowest BCUT2D eigenvalue weighted by Gasteiger charge is -2.24. The second kappa shape index (κ2) is 9.23. The topological polar surface area (TPSA) is 41.6 Å². The van der Waals surface area contributed by atoms with Crippen LogP contribution in [0.1, 0.15) is 43.6 Å². The Labute approximate surface area is 150 Å². The Bertz CT molecular complexity index is 681. The van der Waals surface area contributed by atoms with Crippen molar-refractivity contribution in [2.24, 2.45) is 0 Å². The van der Waals surface area contributed by atoms with E-state index in [4.69, 9.17) is 4.74 Å². The lowest BCUT2D eigenvalue weighted by Crippen LogP contribution is -2.29. The summed E-state index contributed by atoms with van der Waals surface area (Å²) in [7, 11) is 0. The van der Waals surface area contributed by atoms with Gasteiger partial charge in [0.2, 0.25) is 0 Å². The smallest absolute Gasteiger partial charge is 0.255 e. The van der Waals surface area contributed by atoms with Crippen molar-refractivity contribution < 1.29 is 9.53 Å². The van der Waals surface area contributed by atoms with E-state index in [1.54, 1.807) is 0 Å². The molecule has 0 fully saturated rings. The molecule has 0 aliphatic rings. The maximum atomic E-state index is 12.4. The predicted molar refractivity (Wildman–Crippen MR) is 103 cm³/mol. The molecule has 2 aromatic rings. The van der Waals surface area contributed by atoms with Gasteiger partial charge in [0, 0.05) is 29.9 Å². The molecule has 0 aliphatic heterocycles. The normalized spacial score (nSPS) is 11.0. The van der Waals surface area contributed by atoms with E-state index in [0.717, 1.165) is 24.5 Å². The quantitative estimate of drug-likeness (QED) is 0.765. The van der Waals surface area contributed by atoms with Crippen molar-refractivity contribution in [1.82, 2.24) is 4.90 Å². The average molecular weight is 340 g/mol. The Morgan fingerprint density at radius 2 is 1.84 bits per heavy atom. The molecule has 0 spiro atoms. The fourth-order valence-electron chi connectivity index (χ4n) is 2.69. The summed E-state index contributed by atoms with van der Waals surface area (Å²) in [6.07, 6.45) is 0. The molecule has 0 saturated carbocycles. The van der Waals surface area contributed by atoms with E-state index in [9.17, 15) is 4.79 Å². The lowest BCUT2D eigenvalue weighted by molar-refractivity contribution is 0.102. The molecule has 2 rings (SSSR count). The molecule has 0 saturated heterocycles. The summed E-state index contributed by atoms with van der Waals surface area (Å²) in [5.41, 5.74) is 2.60. The lowest BCUT2D eigenvalue weighted by atomic mass is 10.1. The summed E-state index contributed by atoms with van der Waals surface area (Å²) in [6, 6.07) is 15.8. The zero-order chi connectivity index (χ0) is 18.2. The molecule has 4 nitrogen and oxygen atoms in total. The Balaban J connectivity index is 2.01. The van der Waals surface area contributed by atoms with Gasteiger partial charge in [-0.25, -0.2) is 0 Å². The number of nitrogens with one attached hydrogen (secondary N) is 1. The van der Waals surface area contributed by atoms with Gasteiger partial charge in [-0.05, 0) is 57.1 Å². The first-order valence-electron chi connectivity index (χ1n) is 8.90. The van der Waals surface area contributed by atoms with E-state index in [1.807, 2.05) is 55.5 Å². The maximum Gasteiger partial charge on any atom is 0.255 e. The number of carbonyl (C=O) groups is 1. The van der Waals surface area contributed by atoms with E-state index >= 15 is 0 Å². The number of nitrogens with zero attached hydrogens (tertiary/aromatic N) is 1. The first kappa shape index (κ1) is 19.0. The highest BCUT2D eigenvalue weighted by Crippen LogP contribution is 2.18. The molecule has 4 heteroatoms. The Kier molecular flexibility index (Phi) is 7.02. The zero-order valence-electron chi connectivity index (χ0n) is 15.6. The molecule has 1 N–H and O–H groups in total. The highest BCUT2D eigenvalue weighted by atomic mass is 16.5. The fourth-order valence-corrected chi connectivity index (χ4v) is 2.69. The average Bonchev–Trinajstić information content (AvgIpc) is 2.60. The summed E-state index contributed by atoms with van der Waals surface area (Å²) < 4.78 is 5.46. The van der Waals surface area contributed by atoms with Crippen molar-refractivity contribution in [2.45, 2.75) is 40.3 Å². The highest BCUT2D eigenvalue weighted by molar-refractivity contribution is 6.04. The van der Waals surface area contributed by atoms with Crippen LogP contribution in [0.25, 0.3) is 0 Å². The van der Waals surface area contributed by atoms with E-state index in [2.05, 4.69) is 31.0 Å². The number of rotatable bonds is 8. The van der Waals surface area contributed by atoms with Crippen molar-refractivity contribution in [2.75, 3.05) is 18.5 Å². The molecule has 0 atom stereocenters. The largest absolute Gasteiger partial charge is 0.494 e. The van der Waals surface area contributed by atoms with Crippen molar-refractivity contribution in [3.05, 3.63) is 59.7 Å². The van der Waals surface area contributed by atoms with E-state index < -0.39 is 0 Å². The number of carbonyl (C=O) groups excluding carboxylic acids is 1. The van der Waals surface area contributed by atoms with Crippen LogP contribution in [0, 0.1) is 0 Å². The van der Waals surface area contributed by atoms with Crippen LogP contribution in [0.15, 0.2) is 48.5 Å². The molecule has 1 amide bonds. The van der Waals surface area contributed by atoms with Gasteiger partial charge in [0.25, 0.3) is 5.91 Å². The summed E-state index contributed by atoms with van der Waals surface area (Å²) >= 11 is 0. The van der Waals surface area contributed by atoms with Gasteiger partial charge in [-0.1, -0.05) is 25.1 Å². The Morgan fingerprint density at radius 1 is 1.12 bits per heavy atom. The summed E-state index contributed by atoms with van der Waals surface area (Å²) in [5.74, 6) is 0.639. The van der Waals surface area contributed by atoms with Crippen molar-refractivity contribution in [1.29, 1.82) is 0 Å². The minimum absolute atomic E-state index is 0.114. The van der Waals surface area contributed by atoms with Crippen LogP contribution >= 0.6 is 0 Å².